The van der Waals surface area contributed by atoms with E-state index in [1.54, 1.807) is 0 Å². The predicted molar refractivity (Wildman–Crippen MR) is 71.4 cm³/mol. The Hall–Kier alpha value is -1.03. The molecule has 2 amide bonds. The number of nitrogens with one attached hydrogen (secondary N) is 2. The number of ether oxygens (including phenoxy) is 1. The molecule has 0 bridgehead atoms. The maximum absolute atomic E-state index is 11.8. The van der Waals surface area contributed by atoms with Crippen LogP contribution in [0.15, 0.2) is 12.7 Å². The molecule has 2 N–H and O–H groups in total. The van der Waals surface area contributed by atoms with Crippen LogP contribution < -0.4 is 10.6 Å². The second-order valence-electron chi connectivity index (χ2n) is 5.51. The smallest absolute Gasteiger partial charge is 0.315 e. The van der Waals surface area contributed by atoms with Gasteiger partial charge in [-0.2, -0.15) is 0 Å². The number of carbonyl (C=O) groups excluding carboxylic acids is 1. The number of urea groups is 1. The summed E-state index contributed by atoms with van der Waals surface area (Å²) < 4.78 is 5.75. The second-order valence-corrected chi connectivity index (χ2v) is 5.51. The molecule has 1 aliphatic heterocycles. The summed E-state index contributed by atoms with van der Waals surface area (Å²) in [6.45, 7) is 6.43. The van der Waals surface area contributed by atoms with Gasteiger partial charge < -0.3 is 15.4 Å². The van der Waals surface area contributed by atoms with Crippen molar-refractivity contribution in [3.05, 3.63) is 12.7 Å². The number of carbonyl (C=O) groups is 1. The summed E-state index contributed by atoms with van der Waals surface area (Å²) in [6, 6.07) is 0.340. The average molecular weight is 252 g/mol. The van der Waals surface area contributed by atoms with E-state index in [9.17, 15) is 4.79 Å². The van der Waals surface area contributed by atoms with Gasteiger partial charge in [0.2, 0.25) is 0 Å². The molecule has 2 rings (SSSR count). The lowest BCUT2D eigenvalue weighted by Gasteiger charge is -2.30. The van der Waals surface area contributed by atoms with Gasteiger partial charge in [-0.3, -0.25) is 0 Å². The summed E-state index contributed by atoms with van der Waals surface area (Å²) >= 11 is 0. The predicted octanol–water partition coefficient (Wildman–Crippen LogP) is 2.21. The van der Waals surface area contributed by atoms with Crippen molar-refractivity contribution in [2.75, 3.05) is 6.61 Å². The molecule has 0 aromatic carbocycles. The van der Waals surface area contributed by atoms with Crippen molar-refractivity contribution >= 4 is 6.03 Å². The van der Waals surface area contributed by atoms with Crippen molar-refractivity contribution in [3.63, 3.8) is 0 Å². The number of hydrogen-bond acceptors (Lipinski definition) is 2. The molecule has 1 heterocycles. The van der Waals surface area contributed by atoms with Crippen LogP contribution in [0.4, 0.5) is 4.79 Å². The molecule has 3 unspecified atom stereocenters. The van der Waals surface area contributed by atoms with E-state index in [4.69, 9.17) is 4.74 Å². The van der Waals surface area contributed by atoms with E-state index in [0.29, 0.717) is 6.10 Å². The van der Waals surface area contributed by atoms with Crippen LogP contribution in [0.2, 0.25) is 0 Å². The minimum Gasteiger partial charge on any atom is -0.378 e. The molecule has 4 heteroatoms. The Morgan fingerprint density at radius 3 is 2.94 bits per heavy atom. The molecule has 2 aliphatic rings. The summed E-state index contributed by atoms with van der Waals surface area (Å²) in [5, 5.41) is 5.98. The monoisotopic (exact) mass is 252 g/mol. The van der Waals surface area contributed by atoms with Crippen molar-refractivity contribution in [1.82, 2.24) is 10.6 Å². The van der Waals surface area contributed by atoms with Gasteiger partial charge in [0.25, 0.3) is 0 Å². The molecule has 4 nitrogen and oxygen atoms in total. The fourth-order valence-electron chi connectivity index (χ4n) is 2.52. The molecule has 0 spiro atoms. The summed E-state index contributed by atoms with van der Waals surface area (Å²) in [4.78, 5) is 11.8. The highest BCUT2D eigenvalue weighted by Crippen LogP contribution is 2.38. The summed E-state index contributed by atoms with van der Waals surface area (Å²) in [5.74, 6) is 0.748. The third kappa shape index (κ3) is 4.02. The molecule has 0 aromatic rings. The third-order valence-electron chi connectivity index (χ3n) is 3.70. The van der Waals surface area contributed by atoms with Gasteiger partial charge in [-0.25, -0.2) is 4.79 Å². The second kappa shape index (κ2) is 6.23. The Balaban J connectivity index is 1.70. The maximum atomic E-state index is 11.8. The standard InChI is InChI=1S/C14H24N2O2/c1-3-4-10(2)15-14(17)16-12-7-8-18-13(9-12)11-5-6-11/h3,10-13H,1,4-9H2,2H3,(H2,15,16,17). The molecular formula is C14H24N2O2. The summed E-state index contributed by atoms with van der Waals surface area (Å²) in [7, 11) is 0. The zero-order chi connectivity index (χ0) is 13.0. The molecule has 1 saturated carbocycles. The van der Waals surface area contributed by atoms with Gasteiger partial charge in [-0.15, -0.1) is 6.58 Å². The highest BCUT2D eigenvalue weighted by atomic mass is 16.5. The fourth-order valence-corrected chi connectivity index (χ4v) is 2.52. The molecular weight excluding hydrogens is 228 g/mol. The van der Waals surface area contributed by atoms with Crippen LogP contribution in [0.5, 0.6) is 0 Å². The molecule has 0 aromatic heterocycles. The molecule has 3 atom stereocenters. The van der Waals surface area contributed by atoms with Crippen LogP contribution in [-0.2, 0) is 4.74 Å². The SMILES string of the molecule is C=CCC(C)NC(=O)NC1CCOC(C2CC2)C1. The molecule has 2 fully saturated rings. The summed E-state index contributed by atoms with van der Waals surface area (Å²) in [6.07, 6.45) is 7.46. The zero-order valence-electron chi connectivity index (χ0n) is 11.2. The lowest BCUT2D eigenvalue weighted by Crippen LogP contribution is -2.48. The van der Waals surface area contributed by atoms with E-state index in [-0.39, 0.29) is 18.1 Å². The molecule has 18 heavy (non-hydrogen) atoms. The van der Waals surface area contributed by atoms with Crippen molar-refractivity contribution in [1.29, 1.82) is 0 Å². The fraction of sp³-hybridized carbons (Fsp3) is 0.786. The topological polar surface area (TPSA) is 50.4 Å². The van der Waals surface area contributed by atoms with E-state index in [1.165, 1.54) is 12.8 Å². The van der Waals surface area contributed by atoms with Gasteiger partial charge in [0.15, 0.2) is 0 Å². The normalized spacial score (nSPS) is 29.4. The van der Waals surface area contributed by atoms with Crippen molar-refractivity contribution in [2.45, 2.75) is 57.2 Å². The van der Waals surface area contributed by atoms with Crippen molar-refractivity contribution in [3.8, 4) is 0 Å². The highest BCUT2D eigenvalue weighted by Gasteiger charge is 2.36. The van der Waals surface area contributed by atoms with Crippen LogP contribution in [-0.4, -0.2) is 30.8 Å². The Morgan fingerprint density at radius 1 is 1.50 bits per heavy atom. The minimum absolute atomic E-state index is 0.0641. The zero-order valence-corrected chi connectivity index (χ0v) is 11.2. The first-order chi connectivity index (χ1) is 8.69. The largest absolute Gasteiger partial charge is 0.378 e. The Morgan fingerprint density at radius 2 is 2.28 bits per heavy atom. The molecule has 102 valence electrons. The van der Waals surface area contributed by atoms with E-state index in [1.807, 2.05) is 13.0 Å². The van der Waals surface area contributed by atoms with Gasteiger partial charge in [-0.05, 0) is 44.9 Å². The van der Waals surface area contributed by atoms with Crippen LogP contribution in [0.25, 0.3) is 0 Å². The van der Waals surface area contributed by atoms with Gasteiger partial charge in [-0.1, -0.05) is 6.08 Å². The lowest BCUT2D eigenvalue weighted by atomic mass is 10.0. The van der Waals surface area contributed by atoms with E-state index in [2.05, 4.69) is 17.2 Å². The number of rotatable bonds is 5. The van der Waals surface area contributed by atoms with Crippen LogP contribution in [0, 0.1) is 5.92 Å². The lowest BCUT2D eigenvalue weighted by molar-refractivity contribution is -0.00917. The quantitative estimate of drug-likeness (QED) is 0.737. The Kier molecular flexibility index (Phi) is 4.64. The summed E-state index contributed by atoms with van der Waals surface area (Å²) in [5.41, 5.74) is 0. The first kappa shape index (κ1) is 13.4. The minimum atomic E-state index is -0.0641. The first-order valence-corrected chi connectivity index (χ1v) is 6.98. The highest BCUT2D eigenvalue weighted by molar-refractivity contribution is 5.74. The van der Waals surface area contributed by atoms with Crippen molar-refractivity contribution in [2.24, 2.45) is 5.92 Å². The van der Waals surface area contributed by atoms with Gasteiger partial charge in [0, 0.05) is 18.7 Å². The number of amides is 2. The average Bonchev–Trinajstić information content (AvgIpc) is 3.13. The van der Waals surface area contributed by atoms with Crippen LogP contribution in [0.3, 0.4) is 0 Å². The van der Waals surface area contributed by atoms with Crippen LogP contribution >= 0.6 is 0 Å². The first-order valence-electron chi connectivity index (χ1n) is 6.98. The van der Waals surface area contributed by atoms with E-state index >= 15 is 0 Å². The van der Waals surface area contributed by atoms with Gasteiger partial charge in [0.05, 0.1) is 6.10 Å². The van der Waals surface area contributed by atoms with Gasteiger partial charge in [0.1, 0.15) is 0 Å². The molecule has 1 aliphatic carbocycles. The maximum Gasteiger partial charge on any atom is 0.315 e. The van der Waals surface area contributed by atoms with Crippen LogP contribution in [0.1, 0.15) is 39.0 Å². The van der Waals surface area contributed by atoms with Crippen molar-refractivity contribution < 1.29 is 9.53 Å². The third-order valence-corrected chi connectivity index (χ3v) is 3.70. The van der Waals surface area contributed by atoms with E-state index in [0.717, 1.165) is 31.8 Å². The number of hydrogen-bond donors (Lipinski definition) is 2. The Labute approximate surface area is 109 Å². The Bertz CT molecular complexity index is 302. The van der Waals surface area contributed by atoms with Gasteiger partial charge >= 0.3 is 6.03 Å². The van der Waals surface area contributed by atoms with E-state index < -0.39 is 0 Å². The molecule has 0 radical (unpaired) electrons. The molecule has 1 saturated heterocycles.